The first-order chi connectivity index (χ1) is 7.43. The van der Waals surface area contributed by atoms with Gasteiger partial charge >= 0.3 is 0 Å². The Balaban J connectivity index is 2.49. The van der Waals surface area contributed by atoms with Crippen LogP contribution in [0.4, 0.5) is 0 Å². The highest BCUT2D eigenvalue weighted by atomic mass is 16.6. The van der Waals surface area contributed by atoms with Gasteiger partial charge in [0.1, 0.15) is 5.72 Å². The fourth-order valence-corrected chi connectivity index (χ4v) is 2.27. The van der Waals surface area contributed by atoms with Gasteiger partial charge in [-0.15, -0.1) is 0 Å². The highest BCUT2D eigenvalue weighted by molar-refractivity contribution is 4.97. The summed E-state index contributed by atoms with van der Waals surface area (Å²) in [6.07, 6.45) is 2.83. The second-order valence-electron chi connectivity index (χ2n) is 5.88. The van der Waals surface area contributed by atoms with Crippen molar-refractivity contribution in [1.82, 2.24) is 5.32 Å². The summed E-state index contributed by atoms with van der Waals surface area (Å²) in [5.41, 5.74) is 0.204. The van der Waals surface area contributed by atoms with Crippen molar-refractivity contribution < 1.29 is 4.74 Å². The molecule has 0 aromatic rings. The Morgan fingerprint density at radius 3 is 2.50 bits per heavy atom. The van der Waals surface area contributed by atoms with E-state index in [1.165, 1.54) is 0 Å². The number of nitrogens with zero attached hydrogens (tertiary/aromatic N) is 1. The Kier molecular flexibility index (Phi) is 4.35. The third-order valence-electron chi connectivity index (χ3n) is 3.13. The molecular formula is C13H24N2O. The summed E-state index contributed by atoms with van der Waals surface area (Å²) in [6.45, 7) is 10.5. The fourth-order valence-electron chi connectivity index (χ4n) is 2.27. The van der Waals surface area contributed by atoms with Crippen LogP contribution < -0.4 is 5.32 Å². The van der Waals surface area contributed by atoms with Gasteiger partial charge in [-0.05, 0) is 18.3 Å². The molecule has 3 nitrogen and oxygen atoms in total. The average molecular weight is 224 g/mol. The molecule has 1 saturated heterocycles. The molecule has 92 valence electrons. The van der Waals surface area contributed by atoms with E-state index in [1.54, 1.807) is 0 Å². The molecule has 0 amide bonds. The van der Waals surface area contributed by atoms with Gasteiger partial charge in [0.15, 0.2) is 0 Å². The van der Waals surface area contributed by atoms with Crippen LogP contribution in [0, 0.1) is 22.7 Å². The quantitative estimate of drug-likeness (QED) is 0.557. The van der Waals surface area contributed by atoms with Crippen LogP contribution in [0.1, 0.15) is 47.0 Å². The van der Waals surface area contributed by atoms with Crippen LogP contribution in [0.3, 0.4) is 0 Å². The second-order valence-corrected chi connectivity index (χ2v) is 5.88. The Morgan fingerprint density at radius 2 is 2.12 bits per heavy atom. The summed E-state index contributed by atoms with van der Waals surface area (Å²) in [4.78, 5) is 0. The standard InChI is InChI=1S/C13H24N2O/c1-5-11(9-12(2,3)4)13(10-16-13)15-8-6-7-14/h11,15H,5-6,8-10H2,1-4H3. The summed E-state index contributed by atoms with van der Waals surface area (Å²) in [5.74, 6) is 0.547. The SMILES string of the molecule is CCC(CC(C)(C)C)C1(NCCC#N)CO1. The van der Waals surface area contributed by atoms with E-state index in [9.17, 15) is 0 Å². The maximum atomic E-state index is 8.53. The van der Waals surface area contributed by atoms with Gasteiger partial charge in [-0.25, -0.2) is 0 Å². The average Bonchev–Trinajstić information content (AvgIpc) is 2.94. The molecule has 2 atom stereocenters. The van der Waals surface area contributed by atoms with Crippen molar-refractivity contribution in [3.63, 3.8) is 0 Å². The van der Waals surface area contributed by atoms with Crippen molar-refractivity contribution in [1.29, 1.82) is 5.26 Å². The highest BCUT2D eigenvalue weighted by Gasteiger charge is 2.50. The number of nitriles is 1. The molecule has 0 spiro atoms. The van der Waals surface area contributed by atoms with Crippen molar-refractivity contribution >= 4 is 0 Å². The normalized spacial score (nSPS) is 26.2. The monoisotopic (exact) mass is 224 g/mol. The number of epoxide rings is 1. The van der Waals surface area contributed by atoms with Crippen LogP contribution in [0.5, 0.6) is 0 Å². The Bertz CT molecular complexity index is 258. The number of hydrogen-bond donors (Lipinski definition) is 1. The number of ether oxygens (including phenoxy) is 1. The van der Waals surface area contributed by atoms with E-state index in [0.29, 0.717) is 17.8 Å². The minimum Gasteiger partial charge on any atom is -0.353 e. The molecule has 0 aromatic heterocycles. The molecular weight excluding hydrogens is 200 g/mol. The zero-order valence-electron chi connectivity index (χ0n) is 11.0. The van der Waals surface area contributed by atoms with E-state index in [-0.39, 0.29) is 5.72 Å². The van der Waals surface area contributed by atoms with Crippen molar-refractivity contribution in [3.8, 4) is 6.07 Å². The molecule has 1 N–H and O–H groups in total. The van der Waals surface area contributed by atoms with Gasteiger partial charge in [0.2, 0.25) is 0 Å². The second kappa shape index (κ2) is 5.16. The van der Waals surface area contributed by atoms with Gasteiger partial charge in [0.05, 0.1) is 12.7 Å². The molecule has 0 aromatic carbocycles. The van der Waals surface area contributed by atoms with Gasteiger partial charge in [0.25, 0.3) is 0 Å². The van der Waals surface area contributed by atoms with Crippen LogP contribution in [0.15, 0.2) is 0 Å². The molecule has 2 unspecified atom stereocenters. The smallest absolute Gasteiger partial charge is 0.145 e. The van der Waals surface area contributed by atoms with E-state index < -0.39 is 0 Å². The summed E-state index contributed by atoms with van der Waals surface area (Å²) in [5, 5.41) is 11.9. The van der Waals surface area contributed by atoms with Crippen LogP contribution in [0.2, 0.25) is 0 Å². The van der Waals surface area contributed by atoms with Crippen molar-refractivity contribution in [2.75, 3.05) is 13.2 Å². The molecule has 1 heterocycles. The van der Waals surface area contributed by atoms with Gasteiger partial charge in [-0.1, -0.05) is 27.7 Å². The Morgan fingerprint density at radius 1 is 1.50 bits per heavy atom. The fraction of sp³-hybridized carbons (Fsp3) is 0.923. The minimum absolute atomic E-state index is 0.126. The highest BCUT2D eigenvalue weighted by Crippen LogP contribution is 2.41. The van der Waals surface area contributed by atoms with Crippen LogP contribution >= 0.6 is 0 Å². The first kappa shape index (κ1) is 13.5. The third-order valence-corrected chi connectivity index (χ3v) is 3.13. The van der Waals surface area contributed by atoms with E-state index in [2.05, 4.69) is 39.1 Å². The molecule has 1 rings (SSSR count). The lowest BCUT2D eigenvalue weighted by Crippen LogP contribution is -2.42. The van der Waals surface area contributed by atoms with Crippen molar-refractivity contribution in [3.05, 3.63) is 0 Å². The molecule has 0 bridgehead atoms. The maximum absolute atomic E-state index is 8.53. The minimum atomic E-state index is -0.126. The lowest BCUT2D eigenvalue weighted by atomic mass is 9.80. The zero-order chi connectivity index (χ0) is 12.2. The lowest BCUT2D eigenvalue weighted by Gasteiger charge is -2.30. The summed E-state index contributed by atoms with van der Waals surface area (Å²) in [7, 11) is 0. The van der Waals surface area contributed by atoms with Gasteiger partial charge in [0, 0.05) is 18.9 Å². The summed E-state index contributed by atoms with van der Waals surface area (Å²) >= 11 is 0. The number of hydrogen-bond acceptors (Lipinski definition) is 3. The number of rotatable bonds is 6. The van der Waals surface area contributed by atoms with Gasteiger partial charge in [-0.3, -0.25) is 5.32 Å². The topological polar surface area (TPSA) is 48.4 Å². The molecule has 3 heteroatoms. The van der Waals surface area contributed by atoms with Crippen LogP contribution in [-0.2, 0) is 4.74 Å². The van der Waals surface area contributed by atoms with E-state index >= 15 is 0 Å². The van der Waals surface area contributed by atoms with Crippen molar-refractivity contribution in [2.24, 2.45) is 11.3 Å². The van der Waals surface area contributed by atoms with Crippen LogP contribution in [0.25, 0.3) is 0 Å². The first-order valence-corrected chi connectivity index (χ1v) is 6.19. The molecule has 0 saturated carbocycles. The van der Waals surface area contributed by atoms with Crippen LogP contribution in [-0.4, -0.2) is 18.9 Å². The van der Waals surface area contributed by atoms with Gasteiger partial charge in [-0.2, -0.15) is 5.26 Å². The molecule has 16 heavy (non-hydrogen) atoms. The first-order valence-electron chi connectivity index (χ1n) is 6.19. The lowest BCUT2D eigenvalue weighted by molar-refractivity contribution is 0.130. The Labute approximate surface area is 99.2 Å². The van der Waals surface area contributed by atoms with E-state index in [0.717, 1.165) is 26.0 Å². The number of nitrogens with one attached hydrogen (secondary N) is 1. The third kappa shape index (κ3) is 3.77. The summed E-state index contributed by atoms with van der Waals surface area (Å²) in [6, 6.07) is 2.16. The van der Waals surface area contributed by atoms with Crippen molar-refractivity contribution in [2.45, 2.75) is 52.7 Å². The summed E-state index contributed by atoms with van der Waals surface area (Å²) < 4.78 is 5.62. The largest absolute Gasteiger partial charge is 0.353 e. The molecule has 1 fully saturated rings. The molecule has 0 aliphatic carbocycles. The molecule has 1 aliphatic heterocycles. The van der Waals surface area contributed by atoms with Gasteiger partial charge < -0.3 is 4.74 Å². The molecule has 0 radical (unpaired) electrons. The zero-order valence-corrected chi connectivity index (χ0v) is 11.0. The predicted molar refractivity (Wildman–Crippen MR) is 64.8 cm³/mol. The Hall–Kier alpha value is -0.590. The maximum Gasteiger partial charge on any atom is 0.145 e. The van der Waals surface area contributed by atoms with E-state index in [1.807, 2.05) is 0 Å². The van der Waals surface area contributed by atoms with E-state index in [4.69, 9.17) is 10.00 Å². The molecule has 1 aliphatic rings. The predicted octanol–water partition coefficient (Wildman–Crippen LogP) is 2.68.